The highest BCUT2D eigenvalue weighted by Gasteiger charge is 2.18. The number of benzene rings is 3. The first-order valence-corrected chi connectivity index (χ1v) is 14.0. The summed E-state index contributed by atoms with van der Waals surface area (Å²) in [4.78, 5) is 17.3. The number of amides is 2. The number of aromatic nitrogens is 3. The number of halogens is 1. The van der Waals surface area contributed by atoms with Crippen molar-refractivity contribution in [1.82, 2.24) is 14.8 Å². The van der Waals surface area contributed by atoms with Crippen molar-refractivity contribution in [3.8, 4) is 17.2 Å². The Balaban J connectivity index is 1.42. The van der Waals surface area contributed by atoms with Crippen LogP contribution in [0.2, 0.25) is 0 Å². The standard InChI is InChI=1S/C30H29IN6O2/c1-3-6-24(31)26-18-29(37(36-26)20-11-9-19(2)10-12-20)35-30(38)34-25-13-14-27(23-8-5-4-7-22(23)25)39-21-15-16-33-28(32)17-21/h4-5,7-18,24H,3,6H2,1-2H3,(H2,32,33)(H2,34,35,38). The summed E-state index contributed by atoms with van der Waals surface area (Å²) in [6.07, 6.45) is 3.65. The molecule has 1 unspecified atom stereocenters. The molecule has 9 heteroatoms. The van der Waals surface area contributed by atoms with E-state index in [0.29, 0.717) is 28.8 Å². The second kappa shape index (κ2) is 11.7. The molecule has 5 rings (SSSR count). The van der Waals surface area contributed by atoms with E-state index in [1.807, 2.05) is 73.7 Å². The summed E-state index contributed by atoms with van der Waals surface area (Å²) in [6.45, 7) is 4.20. The van der Waals surface area contributed by atoms with Gasteiger partial charge in [-0.3, -0.25) is 5.32 Å². The van der Waals surface area contributed by atoms with Crippen LogP contribution in [0.25, 0.3) is 16.5 Å². The SMILES string of the molecule is CCCC(I)c1cc(NC(=O)Nc2ccc(Oc3ccnc(N)c3)c3ccccc23)n(-c2ccc(C)cc2)n1. The van der Waals surface area contributed by atoms with Crippen LogP contribution in [0.5, 0.6) is 11.5 Å². The molecule has 4 N–H and O–H groups in total. The Morgan fingerprint density at radius 2 is 1.79 bits per heavy atom. The van der Waals surface area contributed by atoms with Crippen molar-refractivity contribution < 1.29 is 9.53 Å². The van der Waals surface area contributed by atoms with E-state index in [2.05, 4.69) is 45.1 Å². The molecule has 0 aliphatic carbocycles. The van der Waals surface area contributed by atoms with Gasteiger partial charge in [0.05, 0.1) is 21.0 Å². The number of ether oxygens (including phenoxy) is 1. The van der Waals surface area contributed by atoms with E-state index < -0.39 is 0 Å². The third kappa shape index (κ3) is 6.14. The molecule has 198 valence electrons. The Hall–Kier alpha value is -4.12. The summed E-state index contributed by atoms with van der Waals surface area (Å²) >= 11 is 2.41. The lowest BCUT2D eigenvalue weighted by Crippen LogP contribution is -2.21. The number of fused-ring (bicyclic) bond motifs is 1. The van der Waals surface area contributed by atoms with E-state index in [4.69, 9.17) is 15.6 Å². The number of nitrogen functional groups attached to an aromatic ring is 1. The van der Waals surface area contributed by atoms with Crippen molar-refractivity contribution in [2.24, 2.45) is 0 Å². The molecule has 39 heavy (non-hydrogen) atoms. The van der Waals surface area contributed by atoms with Crippen molar-refractivity contribution in [2.75, 3.05) is 16.4 Å². The average molecular weight is 633 g/mol. The normalized spacial score (nSPS) is 11.8. The molecule has 2 heterocycles. The number of anilines is 3. The largest absolute Gasteiger partial charge is 0.457 e. The van der Waals surface area contributed by atoms with Crippen LogP contribution in [0.4, 0.5) is 22.1 Å². The second-order valence-corrected chi connectivity index (χ2v) is 10.7. The highest BCUT2D eigenvalue weighted by atomic mass is 127. The molecular formula is C30H29IN6O2. The molecule has 0 aliphatic heterocycles. The van der Waals surface area contributed by atoms with E-state index in [9.17, 15) is 4.79 Å². The molecule has 5 aromatic rings. The van der Waals surface area contributed by atoms with E-state index in [1.54, 1.807) is 23.0 Å². The topological polar surface area (TPSA) is 107 Å². The molecule has 0 spiro atoms. The van der Waals surface area contributed by atoms with E-state index in [0.717, 1.165) is 40.6 Å². The summed E-state index contributed by atoms with van der Waals surface area (Å²) in [6, 6.07) is 24.5. The lowest BCUT2D eigenvalue weighted by Gasteiger charge is -2.14. The van der Waals surface area contributed by atoms with Gasteiger partial charge < -0.3 is 15.8 Å². The molecule has 1 atom stereocenters. The predicted molar refractivity (Wildman–Crippen MR) is 165 cm³/mol. The van der Waals surface area contributed by atoms with Crippen LogP contribution in [0.3, 0.4) is 0 Å². The van der Waals surface area contributed by atoms with Crippen LogP contribution in [0.1, 0.15) is 34.9 Å². The number of hydrogen-bond donors (Lipinski definition) is 3. The maximum Gasteiger partial charge on any atom is 0.324 e. The van der Waals surface area contributed by atoms with Gasteiger partial charge in [-0.2, -0.15) is 5.10 Å². The van der Waals surface area contributed by atoms with Gasteiger partial charge in [-0.15, -0.1) is 0 Å². The number of carbonyl (C=O) groups is 1. The number of hydrogen-bond acceptors (Lipinski definition) is 5. The zero-order chi connectivity index (χ0) is 27.4. The summed E-state index contributed by atoms with van der Waals surface area (Å²) in [5, 5.41) is 12.5. The number of rotatable bonds is 8. The Kier molecular flexibility index (Phi) is 7.97. The van der Waals surface area contributed by atoms with Crippen LogP contribution in [-0.2, 0) is 0 Å². The lowest BCUT2D eigenvalue weighted by atomic mass is 10.1. The third-order valence-corrected chi connectivity index (χ3v) is 7.49. The fourth-order valence-corrected chi connectivity index (χ4v) is 5.21. The maximum atomic E-state index is 13.3. The van der Waals surface area contributed by atoms with Crippen molar-refractivity contribution in [3.05, 3.63) is 96.3 Å². The Morgan fingerprint density at radius 1 is 1.03 bits per heavy atom. The zero-order valence-electron chi connectivity index (χ0n) is 21.7. The molecule has 8 nitrogen and oxygen atoms in total. The van der Waals surface area contributed by atoms with Crippen molar-refractivity contribution in [3.63, 3.8) is 0 Å². The first-order valence-electron chi connectivity index (χ1n) is 12.7. The van der Waals surface area contributed by atoms with Gasteiger partial charge in [-0.05, 0) is 43.7 Å². The Bertz CT molecular complexity index is 1620. The summed E-state index contributed by atoms with van der Waals surface area (Å²) in [5.74, 6) is 2.21. The molecule has 0 saturated carbocycles. The number of aryl methyl sites for hydroxylation is 1. The van der Waals surface area contributed by atoms with Gasteiger partial charge in [0.1, 0.15) is 23.1 Å². The van der Waals surface area contributed by atoms with Gasteiger partial charge in [0.25, 0.3) is 0 Å². The summed E-state index contributed by atoms with van der Waals surface area (Å²) < 4.78 is 8.11. The minimum atomic E-state index is -0.365. The van der Waals surface area contributed by atoms with E-state index in [-0.39, 0.29) is 9.96 Å². The third-order valence-electron chi connectivity index (χ3n) is 6.22. The van der Waals surface area contributed by atoms with Crippen molar-refractivity contribution in [2.45, 2.75) is 30.6 Å². The monoisotopic (exact) mass is 632 g/mol. The van der Waals surface area contributed by atoms with Gasteiger partial charge in [-0.1, -0.05) is 77.9 Å². The molecular weight excluding hydrogens is 603 g/mol. The summed E-state index contributed by atoms with van der Waals surface area (Å²) in [7, 11) is 0. The van der Waals surface area contributed by atoms with E-state index in [1.165, 1.54) is 0 Å². The second-order valence-electron chi connectivity index (χ2n) is 9.21. The minimum Gasteiger partial charge on any atom is -0.457 e. The number of alkyl halides is 1. The smallest absolute Gasteiger partial charge is 0.324 e. The number of pyridine rings is 1. The predicted octanol–water partition coefficient (Wildman–Crippen LogP) is 8.02. The van der Waals surface area contributed by atoms with Gasteiger partial charge in [0.15, 0.2) is 0 Å². The van der Waals surface area contributed by atoms with Gasteiger partial charge in [0.2, 0.25) is 0 Å². The first kappa shape index (κ1) is 26.5. The fraction of sp³-hybridized carbons (Fsp3) is 0.167. The van der Waals surface area contributed by atoms with Crippen LogP contribution < -0.4 is 21.1 Å². The molecule has 2 aromatic heterocycles. The number of nitrogens with one attached hydrogen (secondary N) is 2. The van der Waals surface area contributed by atoms with Crippen LogP contribution in [-0.4, -0.2) is 20.8 Å². The van der Waals surface area contributed by atoms with Crippen LogP contribution in [0.15, 0.2) is 85.1 Å². The molecule has 0 saturated heterocycles. The fourth-order valence-electron chi connectivity index (χ4n) is 4.28. The highest BCUT2D eigenvalue weighted by Crippen LogP contribution is 2.35. The number of nitrogens with zero attached hydrogens (tertiary/aromatic N) is 3. The van der Waals surface area contributed by atoms with Gasteiger partial charge in [-0.25, -0.2) is 14.5 Å². The average Bonchev–Trinajstić information content (AvgIpc) is 3.34. The van der Waals surface area contributed by atoms with Crippen molar-refractivity contribution in [1.29, 1.82) is 0 Å². The zero-order valence-corrected chi connectivity index (χ0v) is 23.8. The minimum absolute atomic E-state index is 0.246. The van der Waals surface area contributed by atoms with Crippen LogP contribution in [0, 0.1) is 6.92 Å². The number of carbonyl (C=O) groups excluding carboxylic acids is 1. The number of urea groups is 1. The molecule has 2 amide bonds. The van der Waals surface area contributed by atoms with Gasteiger partial charge in [0, 0.05) is 29.1 Å². The maximum absolute atomic E-state index is 13.3. The molecule has 0 fully saturated rings. The molecule has 0 aliphatic rings. The molecule has 0 bridgehead atoms. The number of nitrogens with two attached hydrogens (primary N) is 1. The Morgan fingerprint density at radius 3 is 2.54 bits per heavy atom. The van der Waals surface area contributed by atoms with Crippen molar-refractivity contribution >= 4 is 56.7 Å². The molecule has 0 radical (unpaired) electrons. The van der Waals surface area contributed by atoms with Crippen LogP contribution >= 0.6 is 22.6 Å². The first-order chi connectivity index (χ1) is 18.9. The van der Waals surface area contributed by atoms with Gasteiger partial charge >= 0.3 is 6.03 Å². The molecule has 3 aromatic carbocycles. The van der Waals surface area contributed by atoms with E-state index >= 15 is 0 Å². The Labute approximate surface area is 240 Å². The quantitative estimate of drug-likeness (QED) is 0.119. The highest BCUT2D eigenvalue weighted by molar-refractivity contribution is 14.1. The summed E-state index contributed by atoms with van der Waals surface area (Å²) in [5.41, 5.74) is 9.42. The lowest BCUT2D eigenvalue weighted by molar-refractivity contribution is 0.262.